The Kier molecular flexibility index (Phi) is 6.23. The molecule has 1 N–H and O–H groups in total. The average molecular weight is 472 g/mol. The monoisotopic (exact) mass is 471 g/mol. The van der Waals surface area contributed by atoms with Crippen LogP contribution >= 0.6 is 0 Å². The summed E-state index contributed by atoms with van der Waals surface area (Å²) >= 11 is 0. The number of pyridine rings is 1. The number of carbonyl (C=O) groups excluding carboxylic acids is 1. The number of nitrogens with one attached hydrogen (secondary N) is 1. The molecule has 3 aliphatic carbocycles. The van der Waals surface area contributed by atoms with E-state index in [-0.39, 0.29) is 12.0 Å². The van der Waals surface area contributed by atoms with E-state index in [0.717, 1.165) is 44.3 Å². The van der Waals surface area contributed by atoms with Crippen LogP contribution in [0.1, 0.15) is 39.0 Å². The molecule has 4 aliphatic rings. The van der Waals surface area contributed by atoms with Gasteiger partial charge in [0.05, 0.1) is 0 Å². The summed E-state index contributed by atoms with van der Waals surface area (Å²) in [5, 5.41) is 1.29. The van der Waals surface area contributed by atoms with Crippen molar-refractivity contribution in [3.05, 3.63) is 54.9 Å². The number of carbonyl (C=O) groups is 1. The highest BCUT2D eigenvalue weighted by Gasteiger charge is 2.42. The molecule has 35 heavy (non-hydrogen) atoms. The zero-order valence-electron chi connectivity index (χ0n) is 20.8. The molecule has 2 bridgehead atoms. The smallest absolute Gasteiger partial charge is 0.231 e. The molecule has 1 amide bonds. The van der Waals surface area contributed by atoms with Gasteiger partial charge in [0, 0.05) is 73.7 Å². The maximum Gasteiger partial charge on any atom is 0.231 e. The van der Waals surface area contributed by atoms with Gasteiger partial charge in [0.2, 0.25) is 5.91 Å². The summed E-state index contributed by atoms with van der Waals surface area (Å²) in [7, 11) is 0. The van der Waals surface area contributed by atoms with Gasteiger partial charge in [-0.2, -0.15) is 0 Å². The first kappa shape index (κ1) is 22.6. The quantitative estimate of drug-likeness (QED) is 0.554. The lowest BCUT2D eigenvalue weighted by molar-refractivity contribution is -0.127. The largest absolute Gasteiger partial charge is 0.368 e. The second-order valence-electron chi connectivity index (χ2n) is 10.8. The predicted octanol–water partition coefficient (Wildman–Crippen LogP) is 4.93. The van der Waals surface area contributed by atoms with Gasteiger partial charge in [-0.05, 0) is 68.4 Å². The number of benzene rings is 1. The molecule has 3 aromatic rings. The molecule has 3 saturated carbocycles. The second kappa shape index (κ2) is 9.65. The molecule has 1 aliphatic heterocycles. The number of fused-ring (bicyclic) bond motifs is 4. The van der Waals surface area contributed by atoms with Gasteiger partial charge in [0.1, 0.15) is 5.82 Å². The number of H-pyrrole nitrogens is 1. The van der Waals surface area contributed by atoms with Gasteiger partial charge in [-0.3, -0.25) is 14.6 Å². The van der Waals surface area contributed by atoms with E-state index in [0.29, 0.717) is 18.4 Å². The van der Waals surface area contributed by atoms with Crippen molar-refractivity contribution in [1.82, 2.24) is 14.9 Å². The Balaban J connectivity index is 1.14. The Morgan fingerprint density at radius 3 is 2.60 bits per heavy atom. The number of amides is 1. The first-order chi connectivity index (χ1) is 17.2. The Bertz CT molecular complexity index is 1140. The lowest BCUT2D eigenvalue weighted by atomic mass is 9.64. The predicted molar refractivity (Wildman–Crippen MR) is 142 cm³/mol. The molecule has 0 spiro atoms. The summed E-state index contributed by atoms with van der Waals surface area (Å²) in [5.74, 6) is 2.60. The van der Waals surface area contributed by atoms with Crippen molar-refractivity contribution in [3.8, 4) is 0 Å². The third kappa shape index (κ3) is 4.44. The average Bonchev–Trinajstić information content (AvgIpc) is 3.42. The fraction of sp³-hybridized carbons (Fsp3) is 0.517. The Morgan fingerprint density at radius 2 is 1.89 bits per heavy atom. The van der Waals surface area contributed by atoms with Crippen molar-refractivity contribution < 1.29 is 4.79 Å². The van der Waals surface area contributed by atoms with Crippen LogP contribution in [0.15, 0.2) is 54.9 Å². The zero-order chi connectivity index (χ0) is 23.8. The SMILES string of the molecule is CC(CN(C(=O)C1CC2CCC1CC2)c1ccccn1)N1CCN(c2cccc3[nH]ccc23)CC1. The van der Waals surface area contributed by atoms with Crippen LogP contribution in [0.2, 0.25) is 0 Å². The molecule has 1 aromatic carbocycles. The molecule has 3 heterocycles. The Morgan fingerprint density at radius 1 is 1.06 bits per heavy atom. The molecule has 7 rings (SSSR count). The third-order valence-electron chi connectivity index (χ3n) is 8.85. The van der Waals surface area contributed by atoms with Gasteiger partial charge >= 0.3 is 0 Å². The lowest BCUT2D eigenvalue weighted by Gasteiger charge is -2.44. The highest BCUT2D eigenvalue weighted by Crippen LogP contribution is 2.46. The molecule has 2 aromatic heterocycles. The van der Waals surface area contributed by atoms with Crippen molar-refractivity contribution in [3.63, 3.8) is 0 Å². The first-order valence-electron chi connectivity index (χ1n) is 13.4. The van der Waals surface area contributed by atoms with E-state index >= 15 is 0 Å². The Labute approximate surface area is 208 Å². The molecule has 184 valence electrons. The van der Waals surface area contributed by atoms with E-state index < -0.39 is 0 Å². The van der Waals surface area contributed by atoms with E-state index in [2.05, 4.69) is 51.0 Å². The maximum absolute atomic E-state index is 13.9. The van der Waals surface area contributed by atoms with Crippen LogP contribution in [0, 0.1) is 17.8 Å². The van der Waals surface area contributed by atoms with Crippen LogP contribution in [0.4, 0.5) is 11.5 Å². The van der Waals surface area contributed by atoms with Crippen LogP contribution < -0.4 is 9.80 Å². The van der Waals surface area contributed by atoms with Gasteiger partial charge in [-0.25, -0.2) is 4.98 Å². The lowest BCUT2D eigenvalue weighted by Crippen LogP contribution is -2.54. The van der Waals surface area contributed by atoms with E-state index in [1.165, 1.54) is 42.3 Å². The van der Waals surface area contributed by atoms with Gasteiger partial charge in [0.25, 0.3) is 0 Å². The number of nitrogens with zero attached hydrogens (tertiary/aromatic N) is 4. The van der Waals surface area contributed by atoms with Crippen LogP contribution in [0.3, 0.4) is 0 Å². The normalized spacial score (nSPS) is 25.6. The van der Waals surface area contributed by atoms with Gasteiger partial charge in [0.15, 0.2) is 0 Å². The number of aromatic nitrogens is 2. The van der Waals surface area contributed by atoms with E-state index in [1.807, 2.05) is 35.5 Å². The minimum absolute atomic E-state index is 0.176. The van der Waals surface area contributed by atoms with Crippen LogP contribution in [-0.2, 0) is 4.79 Å². The molecule has 0 radical (unpaired) electrons. The van der Waals surface area contributed by atoms with E-state index in [9.17, 15) is 4.79 Å². The number of anilines is 2. The minimum Gasteiger partial charge on any atom is -0.368 e. The second-order valence-corrected chi connectivity index (χ2v) is 10.8. The summed E-state index contributed by atoms with van der Waals surface area (Å²) in [4.78, 5) is 28.9. The number of aromatic amines is 1. The highest BCUT2D eigenvalue weighted by molar-refractivity contribution is 5.94. The molecule has 1 saturated heterocycles. The highest BCUT2D eigenvalue weighted by atomic mass is 16.2. The van der Waals surface area contributed by atoms with Crippen LogP contribution in [-0.4, -0.2) is 59.5 Å². The summed E-state index contributed by atoms with van der Waals surface area (Å²) in [5.41, 5.74) is 2.51. The molecule has 2 unspecified atom stereocenters. The van der Waals surface area contributed by atoms with Crippen LogP contribution in [0.25, 0.3) is 10.9 Å². The fourth-order valence-electron chi connectivity index (χ4n) is 6.82. The first-order valence-corrected chi connectivity index (χ1v) is 13.4. The van der Waals surface area contributed by atoms with Crippen molar-refractivity contribution in [2.75, 3.05) is 42.5 Å². The molecule has 4 fully saturated rings. The zero-order valence-corrected chi connectivity index (χ0v) is 20.8. The molecule has 6 nitrogen and oxygen atoms in total. The standard InChI is InChI=1S/C29H37N5O/c1-21(32-15-17-33(18-16-32)27-6-4-5-26-24(27)12-14-30-26)20-34(28-7-2-3-13-31-28)29(35)25-19-22-8-10-23(25)11-9-22/h2-7,12-14,21-23,25,30H,8-11,15-20H2,1H3. The van der Waals surface area contributed by atoms with E-state index in [1.54, 1.807) is 0 Å². The number of hydrogen-bond donors (Lipinski definition) is 1. The topological polar surface area (TPSA) is 55.5 Å². The van der Waals surface area contributed by atoms with Crippen molar-refractivity contribution in [2.24, 2.45) is 17.8 Å². The van der Waals surface area contributed by atoms with Gasteiger partial charge < -0.3 is 9.88 Å². The van der Waals surface area contributed by atoms with Crippen molar-refractivity contribution in [2.45, 2.75) is 45.1 Å². The van der Waals surface area contributed by atoms with Crippen molar-refractivity contribution >= 4 is 28.3 Å². The Hall–Kier alpha value is -2.86. The maximum atomic E-state index is 13.9. The van der Waals surface area contributed by atoms with Crippen LogP contribution in [0.5, 0.6) is 0 Å². The van der Waals surface area contributed by atoms with Gasteiger partial charge in [-0.1, -0.05) is 25.0 Å². The van der Waals surface area contributed by atoms with Crippen molar-refractivity contribution in [1.29, 1.82) is 0 Å². The molecule has 2 atom stereocenters. The summed E-state index contributed by atoms with van der Waals surface area (Å²) < 4.78 is 0. The molecular weight excluding hydrogens is 434 g/mol. The fourth-order valence-corrected chi connectivity index (χ4v) is 6.82. The third-order valence-corrected chi connectivity index (χ3v) is 8.85. The number of piperazine rings is 1. The summed E-state index contributed by atoms with van der Waals surface area (Å²) in [6, 6.07) is 14.9. The number of rotatable bonds is 6. The summed E-state index contributed by atoms with van der Waals surface area (Å²) in [6.45, 7) is 6.98. The number of hydrogen-bond acceptors (Lipinski definition) is 4. The molecule has 6 heteroatoms. The van der Waals surface area contributed by atoms with E-state index in [4.69, 9.17) is 0 Å². The minimum atomic E-state index is 0.176. The van der Waals surface area contributed by atoms with Gasteiger partial charge in [-0.15, -0.1) is 0 Å². The molecular formula is C29H37N5O. The summed E-state index contributed by atoms with van der Waals surface area (Å²) in [6.07, 6.45) is 9.99.